The van der Waals surface area contributed by atoms with E-state index in [9.17, 15) is 10.1 Å². The van der Waals surface area contributed by atoms with Crippen molar-refractivity contribution in [1.82, 2.24) is 20.2 Å². The SMILES string of the molecule is CC(C)n1nnnc1-c1cccc([N+](=O)[O-])c1. The monoisotopic (exact) mass is 233 g/mol. The second kappa shape index (κ2) is 4.28. The van der Waals surface area contributed by atoms with Crippen molar-refractivity contribution in [3.63, 3.8) is 0 Å². The van der Waals surface area contributed by atoms with E-state index in [4.69, 9.17) is 0 Å². The Bertz CT molecular complexity index is 549. The minimum atomic E-state index is -0.437. The van der Waals surface area contributed by atoms with E-state index in [-0.39, 0.29) is 11.7 Å². The van der Waals surface area contributed by atoms with Gasteiger partial charge in [0.15, 0.2) is 5.82 Å². The lowest BCUT2D eigenvalue weighted by Gasteiger charge is -2.07. The van der Waals surface area contributed by atoms with Crippen molar-refractivity contribution >= 4 is 5.69 Å². The van der Waals surface area contributed by atoms with Crippen molar-refractivity contribution in [1.29, 1.82) is 0 Å². The number of rotatable bonds is 3. The Balaban J connectivity index is 2.49. The van der Waals surface area contributed by atoms with E-state index < -0.39 is 4.92 Å². The van der Waals surface area contributed by atoms with Crippen molar-refractivity contribution in [2.45, 2.75) is 19.9 Å². The van der Waals surface area contributed by atoms with Gasteiger partial charge in [-0.2, -0.15) is 0 Å². The molecule has 88 valence electrons. The van der Waals surface area contributed by atoms with Gasteiger partial charge in [-0.1, -0.05) is 12.1 Å². The Hall–Kier alpha value is -2.31. The summed E-state index contributed by atoms with van der Waals surface area (Å²) in [7, 11) is 0. The Morgan fingerprint density at radius 1 is 1.41 bits per heavy atom. The lowest BCUT2D eigenvalue weighted by molar-refractivity contribution is -0.384. The third-order valence-electron chi connectivity index (χ3n) is 2.30. The van der Waals surface area contributed by atoms with Gasteiger partial charge in [-0.25, -0.2) is 4.68 Å². The van der Waals surface area contributed by atoms with Crippen molar-refractivity contribution in [3.8, 4) is 11.4 Å². The smallest absolute Gasteiger partial charge is 0.258 e. The van der Waals surface area contributed by atoms with Crippen LogP contribution < -0.4 is 0 Å². The van der Waals surface area contributed by atoms with Gasteiger partial charge in [0.2, 0.25) is 0 Å². The van der Waals surface area contributed by atoms with Gasteiger partial charge in [-0.05, 0) is 24.3 Å². The summed E-state index contributed by atoms with van der Waals surface area (Å²) in [4.78, 5) is 10.3. The van der Waals surface area contributed by atoms with Gasteiger partial charge in [-0.15, -0.1) is 5.10 Å². The predicted molar refractivity (Wildman–Crippen MR) is 60.3 cm³/mol. The van der Waals surface area contributed by atoms with Crippen molar-refractivity contribution in [2.75, 3.05) is 0 Å². The molecule has 7 heteroatoms. The highest BCUT2D eigenvalue weighted by atomic mass is 16.6. The van der Waals surface area contributed by atoms with E-state index in [1.54, 1.807) is 16.8 Å². The number of nitro groups is 1. The van der Waals surface area contributed by atoms with Gasteiger partial charge in [0, 0.05) is 17.7 Å². The number of nitrogens with zero attached hydrogens (tertiary/aromatic N) is 5. The zero-order chi connectivity index (χ0) is 12.4. The first-order chi connectivity index (χ1) is 8.09. The lowest BCUT2D eigenvalue weighted by atomic mass is 10.2. The quantitative estimate of drug-likeness (QED) is 0.596. The first kappa shape index (κ1) is 11.2. The molecule has 1 heterocycles. The van der Waals surface area contributed by atoms with Crippen LogP contribution in [0.4, 0.5) is 5.69 Å². The standard InChI is InChI=1S/C10H11N5O2/c1-7(2)14-10(11-12-13-14)8-4-3-5-9(6-8)15(16)17/h3-7H,1-2H3. The summed E-state index contributed by atoms with van der Waals surface area (Å²) in [5.41, 5.74) is 0.665. The first-order valence-electron chi connectivity index (χ1n) is 5.12. The average molecular weight is 233 g/mol. The van der Waals surface area contributed by atoms with Crippen molar-refractivity contribution < 1.29 is 4.92 Å². The number of tetrazole rings is 1. The summed E-state index contributed by atoms with van der Waals surface area (Å²) in [5.74, 6) is 0.531. The Morgan fingerprint density at radius 2 is 2.18 bits per heavy atom. The predicted octanol–water partition coefficient (Wildman–Crippen LogP) is 1.83. The molecule has 0 atom stereocenters. The van der Waals surface area contributed by atoms with Crippen molar-refractivity contribution in [3.05, 3.63) is 34.4 Å². The molecule has 0 aliphatic heterocycles. The zero-order valence-electron chi connectivity index (χ0n) is 9.44. The maximum Gasteiger partial charge on any atom is 0.270 e. The van der Waals surface area contributed by atoms with Crippen molar-refractivity contribution in [2.24, 2.45) is 0 Å². The summed E-state index contributed by atoms with van der Waals surface area (Å²) in [6, 6.07) is 6.36. The molecular weight excluding hydrogens is 222 g/mol. The topological polar surface area (TPSA) is 86.7 Å². The Kier molecular flexibility index (Phi) is 2.82. The van der Waals surface area contributed by atoms with Gasteiger partial charge in [0.1, 0.15) is 0 Å². The molecule has 0 saturated carbocycles. The number of nitro benzene ring substituents is 1. The average Bonchev–Trinajstić information content (AvgIpc) is 2.78. The third-order valence-corrected chi connectivity index (χ3v) is 2.30. The molecule has 1 aromatic carbocycles. The van der Waals surface area contributed by atoms with Crippen LogP contribution in [0.2, 0.25) is 0 Å². The fraction of sp³-hybridized carbons (Fsp3) is 0.300. The summed E-state index contributed by atoms with van der Waals surface area (Å²) in [6.45, 7) is 3.88. The largest absolute Gasteiger partial charge is 0.270 e. The highest BCUT2D eigenvalue weighted by molar-refractivity contribution is 5.58. The maximum atomic E-state index is 10.7. The minimum absolute atomic E-state index is 0.0285. The van der Waals surface area contributed by atoms with Crippen LogP contribution in [0.5, 0.6) is 0 Å². The van der Waals surface area contributed by atoms with Crippen LogP contribution >= 0.6 is 0 Å². The van der Waals surface area contributed by atoms with E-state index in [0.29, 0.717) is 11.4 Å². The van der Waals surface area contributed by atoms with Crippen LogP contribution in [0.1, 0.15) is 19.9 Å². The van der Waals surface area contributed by atoms with Gasteiger partial charge >= 0.3 is 0 Å². The van der Waals surface area contributed by atoms with Crippen LogP contribution in [0.3, 0.4) is 0 Å². The normalized spacial score (nSPS) is 10.8. The number of hydrogen-bond acceptors (Lipinski definition) is 5. The molecule has 0 amide bonds. The van der Waals surface area contributed by atoms with Gasteiger partial charge in [0.25, 0.3) is 5.69 Å². The van der Waals surface area contributed by atoms with E-state index in [1.165, 1.54) is 12.1 Å². The third kappa shape index (κ3) is 2.12. The minimum Gasteiger partial charge on any atom is -0.258 e. The van der Waals surface area contributed by atoms with Crippen LogP contribution in [-0.2, 0) is 0 Å². The summed E-state index contributed by atoms with van der Waals surface area (Å²) in [5, 5.41) is 22.0. The van der Waals surface area contributed by atoms with E-state index >= 15 is 0 Å². The molecule has 7 nitrogen and oxygen atoms in total. The van der Waals surface area contributed by atoms with Crippen LogP contribution in [0, 0.1) is 10.1 Å². The van der Waals surface area contributed by atoms with Crippen LogP contribution in [0.15, 0.2) is 24.3 Å². The van der Waals surface area contributed by atoms with E-state index in [1.807, 2.05) is 13.8 Å². The number of aromatic nitrogens is 4. The second-order valence-corrected chi connectivity index (χ2v) is 3.85. The molecule has 0 N–H and O–H groups in total. The molecule has 0 fully saturated rings. The highest BCUT2D eigenvalue weighted by Gasteiger charge is 2.14. The lowest BCUT2D eigenvalue weighted by Crippen LogP contribution is -2.05. The molecule has 0 aliphatic rings. The zero-order valence-corrected chi connectivity index (χ0v) is 9.44. The molecule has 0 unspecified atom stereocenters. The van der Waals surface area contributed by atoms with Gasteiger partial charge < -0.3 is 0 Å². The molecule has 0 bridgehead atoms. The Labute approximate surface area is 97.2 Å². The molecule has 17 heavy (non-hydrogen) atoms. The van der Waals surface area contributed by atoms with E-state index in [0.717, 1.165) is 0 Å². The Morgan fingerprint density at radius 3 is 2.82 bits per heavy atom. The first-order valence-corrected chi connectivity index (χ1v) is 5.12. The molecule has 1 aromatic heterocycles. The second-order valence-electron chi connectivity index (χ2n) is 3.85. The highest BCUT2D eigenvalue weighted by Crippen LogP contribution is 2.22. The summed E-state index contributed by atoms with van der Waals surface area (Å²) >= 11 is 0. The van der Waals surface area contributed by atoms with E-state index in [2.05, 4.69) is 15.5 Å². The number of hydrogen-bond donors (Lipinski definition) is 0. The van der Waals surface area contributed by atoms with Crippen LogP contribution in [-0.4, -0.2) is 25.1 Å². The molecule has 0 saturated heterocycles. The molecule has 0 aliphatic carbocycles. The number of non-ortho nitro benzene ring substituents is 1. The molecular formula is C10H11N5O2. The molecule has 0 spiro atoms. The fourth-order valence-electron chi connectivity index (χ4n) is 1.49. The maximum absolute atomic E-state index is 10.7. The van der Waals surface area contributed by atoms with Gasteiger partial charge in [0.05, 0.1) is 11.0 Å². The molecule has 2 aromatic rings. The van der Waals surface area contributed by atoms with Gasteiger partial charge in [-0.3, -0.25) is 10.1 Å². The summed E-state index contributed by atoms with van der Waals surface area (Å²) in [6.07, 6.45) is 0. The fourth-order valence-corrected chi connectivity index (χ4v) is 1.49. The molecule has 2 rings (SSSR count). The molecule has 0 radical (unpaired) electrons. The number of benzene rings is 1. The summed E-state index contributed by atoms with van der Waals surface area (Å²) < 4.78 is 1.62. The van der Waals surface area contributed by atoms with Crippen LogP contribution in [0.25, 0.3) is 11.4 Å².